The van der Waals surface area contributed by atoms with Crippen molar-refractivity contribution in [3.8, 4) is 0 Å². The van der Waals surface area contributed by atoms with Crippen LogP contribution in [0, 0.1) is 13.8 Å². The van der Waals surface area contributed by atoms with E-state index in [0.717, 1.165) is 16.9 Å². The molecule has 0 saturated carbocycles. The third-order valence-electron chi connectivity index (χ3n) is 5.04. The number of aliphatic hydroxyl groups is 1. The van der Waals surface area contributed by atoms with E-state index in [-0.39, 0.29) is 27.9 Å². The maximum absolute atomic E-state index is 13.2. The van der Waals surface area contributed by atoms with Gasteiger partial charge in [-0.15, -0.1) is 0 Å². The van der Waals surface area contributed by atoms with Crippen LogP contribution >= 0.6 is 11.3 Å². The van der Waals surface area contributed by atoms with Crippen molar-refractivity contribution >= 4 is 34.1 Å². The van der Waals surface area contributed by atoms with E-state index in [0.29, 0.717) is 11.3 Å². The second-order valence-corrected chi connectivity index (χ2v) is 8.17. The first-order valence-electron chi connectivity index (χ1n) is 9.89. The zero-order valence-corrected chi connectivity index (χ0v) is 18.4. The molecular formula is C23H20N2O6S. The monoisotopic (exact) mass is 452 g/mol. The highest BCUT2D eigenvalue weighted by molar-refractivity contribution is 7.17. The van der Waals surface area contributed by atoms with Crippen molar-refractivity contribution in [3.63, 3.8) is 0 Å². The number of ketones is 1. The molecule has 9 heteroatoms. The Balaban J connectivity index is 1.84. The molecule has 1 amide bonds. The number of amides is 1. The van der Waals surface area contributed by atoms with Crippen molar-refractivity contribution in [1.29, 1.82) is 0 Å². The highest BCUT2D eigenvalue weighted by Gasteiger charge is 2.46. The van der Waals surface area contributed by atoms with E-state index in [9.17, 15) is 19.5 Å². The number of ether oxygens (including phenoxy) is 1. The highest BCUT2D eigenvalue weighted by Crippen LogP contribution is 2.43. The number of aryl methyl sites for hydroxylation is 2. The number of esters is 1. The molecule has 3 heterocycles. The number of hydrogen-bond acceptors (Lipinski definition) is 8. The number of nitrogens with zero attached hydrogens (tertiary/aromatic N) is 2. The standard InChI is InChI=1S/C23H20N2O6S/c1-4-30-22(29)20-13(3)24-23(32-20)25-17(14-9-7-12(2)8-10-14)16(19(27)21(25)28)18(26)15-6-5-11-31-15/h5-11,17,27H,4H2,1-3H3. The summed E-state index contributed by atoms with van der Waals surface area (Å²) in [5.74, 6) is -2.61. The molecule has 4 rings (SSSR count). The summed E-state index contributed by atoms with van der Waals surface area (Å²) in [5, 5.41) is 10.9. The molecule has 0 aliphatic carbocycles. The predicted octanol–water partition coefficient (Wildman–Crippen LogP) is 4.31. The Bertz CT molecular complexity index is 1220. The van der Waals surface area contributed by atoms with E-state index in [1.165, 1.54) is 17.2 Å². The van der Waals surface area contributed by atoms with Gasteiger partial charge in [0.05, 0.1) is 30.2 Å². The summed E-state index contributed by atoms with van der Waals surface area (Å²) in [6.07, 6.45) is 1.34. The third-order valence-corrected chi connectivity index (χ3v) is 6.18. The van der Waals surface area contributed by atoms with Gasteiger partial charge in [0.25, 0.3) is 5.91 Å². The molecule has 1 unspecified atom stereocenters. The summed E-state index contributed by atoms with van der Waals surface area (Å²) in [6, 6.07) is 9.33. The van der Waals surface area contributed by atoms with E-state index in [2.05, 4.69) is 4.98 Å². The Morgan fingerprint density at radius 3 is 2.56 bits per heavy atom. The van der Waals surface area contributed by atoms with Gasteiger partial charge < -0.3 is 14.3 Å². The SMILES string of the molecule is CCOC(=O)c1sc(N2C(=O)C(O)=C(C(=O)c3ccco3)C2c2ccc(C)cc2)nc1C. The second-order valence-electron chi connectivity index (χ2n) is 7.19. The molecule has 3 aromatic rings. The van der Waals surface area contributed by atoms with Crippen LogP contribution in [-0.2, 0) is 9.53 Å². The number of anilines is 1. The van der Waals surface area contributed by atoms with Crippen LogP contribution in [0.15, 0.2) is 58.4 Å². The summed E-state index contributed by atoms with van der Waals surface area (Å²) < 4.78 is 10.3. The molecule has 0 spiro atoms. The summed E-state index contributed by atoms with van der Waals surface area (Å²) in [5.41, 5.74) is 1.88. The van der Waals surface area contributed by atoms with E-state index in [1.807, 2.05) is 19.1 Å². The minimum absolute atomic E-state index is 0.000781. The number of benzene rings is 1. The third kappa shape index (κ3) is 3.60. The van der Waals surface area contributed by atoms with Gasteiger partial charge in [0.15, 0.2) is 16.7 Å². The molecule has 1 aromatic carbocycles. The maximum Gasteiger partial charge on any atom is 0.350 e. The Kier molecular flexibility index (Phi) is 5.67. The van der Waals surface area contributed by atoms with Gasteiger partial charge in [0, 0.05) is 0 Å². The van der Waals surface area contributed by atoms with Crippen LogP contribution in [0.1, 0.15) is 50.0 Å². The summed E-state index contributed by atoms with van der Waals surface area (Å²) in [4.78, 5) is 44.5. The minimum Gasteiger partial charge on any atom is -0.503 e. The smallest absolute Gasteiger partial charge is 0.350 e. The van der Waals surface area contributed by atoms with Crippen molar-refractivity contribution < 1.29 is 28.6 Å². The maximum atomic E-state index is 13.2. The van der Waals surface area contributed by atoms with Crippen molar-refractivity contribution in [1.82, 2.24) is 4.98 Å². The number of carbonyl (C=O) groups is 3. The van der Waals surface area contributed by atoms with Crippen molar-refractivity contribution in [2.45, 2.75) is 26.8 Å². The van der Waals surface area contributed by atoms with Crippen LogP contribution in [0.25, 0.3) is 0 Å². The summed E-state index contributed by atoms with van der Waals surface area (Å²) in [6.45, 7) is 5.45. The van der Waals surface area contributed by atoms with Gasteiger partial charge in [0.1, 0.15) is 4.88 Å². The normalized spacial score (nSPS) is 16.0. The highest BCUT2D eigenvalue weighted by atomic mass is 32.1. The molecule has 0 fully saturated rings. The molecule has 1 aliphatic heterocycles. The molecule has 2 aromatic heterocycles. The first kappa shape index (κ1) is 21.5. The molecular weight excluding hydrogens is 432 g/mol. The molecule has 164 valence electrons. The molecule has 0 bridgehead atoms. The Labute approximate surface area is 187 Å². The first-order chi connectivity index (χ1) is 15.3. The first-order valence-corrected chi connectivity index (χ1v) is 10.7. The lowest BCUT2D eigenvalue weighted by atomic mass is 9.94. The Hall–Kier alpha value is -3.72. The fourth-order valence-electron chi connectivity index (χ4n) is 3.51. The number of rotatable bonds is 6. The van der Waals surface area contributed by atoms with Crippen LogP contribution in [0.5, 0.6) is 0 Å². The van der Waals surface area contributed by atoms with Crippen LogP contribution in [0.2, 0.25) is 0 Å². The van der Waals surface area contributed by atoms with Gasteiger partial charge in [-0.3, -0.25) is 14.5 Å². The van der Waals surface area contributed by atoms with Crippen LogP contribution in [0.3, 0.4) is 0 Å². The van der Waals surface area contributed by atoms with Gasteiger partial charge >= 0.3 is 5.97 Å². The molecule has 0 saturated heterocycles. The van der Waals surface area contributed by atoms with E-state index in [1.54, 1.807) is 32.0 Å². The number of Topliss-reactive ketones (excluding diaryl/α,β-unsaturated/α-hetero) is 1. The lowest BCUT2D eigenvalue weighted by Gasteiger charge is -2.24. The van der Waals surface area contributed by atoms with Crippen LogP contribution in [0.4, 0.5) is 5.13 Å². The predicted molar refractivity (Wildman–Crippen MR) is 117 cm³/mol. The van der Waals surface area contributed by atoms with E-state index < -0.39 is 29.5 Å². The molecule has 1 atom stereocenters. The number of thiazole rings is 1. The molecule has 32 heavy (non-hydrogen) atoms. The Morgan fingerprint density at radius 1 is 1.22 bits per heavy atom. The van der Waals surface area contributed by atoms with Gasteiger partial charge in [-0.1, -0.05) is 41.2 Å². The van der Waals surface area contributed by atoms with Gasteiger partial charge in [-0.2, -0.15) is 0 Å². The lowest BCUT2D eigenvalue weighted by molar-refractivity contribution is -0.117. The lowest BCUT2D eigenvalue weighted by Crippen LogP contribution is -2.31. The topological polar surface area (TPSA) is 110 Å². The average Bonchev–Trinajstić information content (AvgIpc) is 3.48. The molecule has 1 aliphatic rings. The quantitative estimate of drug-likeness (QED) is 0.438. The van der Waals surface area contributed by atoms with E-state index in [4.69, 9.17) is 9.15 Å². The number of carbonyl (C=O) groups excluding carboxylic acids is 3. The second kappa shape index (κ2) is 8.43. The largest absolute Gasteiger partial charge is 0.503 e. The average molecular weight is 452 g/mol. The number of aromatic nitrogens is 1. The van der Waals surface area contributed by atoms with Crippen molar-refractivity contribution in [2.24, 2.45) is 0 Å². The molecule has 8 nitrogen and oxygen atoms in total. The molecule has 1 N–H and O–H groups in total. The fourth-order valence-corrected chi connectivity index (χ4v) is 4.50. The van der Waals surface area contributed by atoms with Crippen LogP contribution < -0.4 is 4.90 Å². The zero-order valence-electron chi connectivity index (χ0n) is 17.6. The minimum atomic E-state index is -0.943. The number of hydrogen-bond donors (Lipinski definition) is 1. The zero-order chi connectivity index (χ0) is 23.0. The Morgan fingerprint density at radius 2 is 1.94 bits per heavy atom. The van der Waals surface area contributed by atoms with Crippen LogP contribution in [-0.4, -0.2) is 34.4 Å². The number of aliphatic hydroxyl groups excluding tert-OH is 1. The van der Waals surface area contributed by atoms with Crippen molar-refractivity contribution in [3.05, 3.63) is 81.5 Å². The van der Waals surface area contributed by atoms with Crippen molar-refractivity contribution in [2.75, 3.05) is 11.5 Å². The number of furan rings is 1. The summed E-state index contributed by atoms with van der Waals surface area (Å²) >= 11 is 0.970. The fraction of sp³-hybridized carbons (Fsp3) is 0.217. The summed E-state index contributed by atoms with van der Waals surface area (Å²) in [7, 11) is 0. The van der Waals surface area contributed by atoms with Gasteiger partial charge in [-0.05, 0) is 38.5 Å². The van der Waals surface area contributed by atoms with Gasteiger partial charge in [-0.25, -0.2) is 9.78 Å². The van der Waals surface area contributed by atoms with Gasteiger partial charge in [0.2, 0.25) is 5.78 Å². The van der Waals surface area contributed by atoms with E-state index >= 15 is 0 Å². The molecule has 0 radical (unpaired) electrons.